The van der Waals surface area contributed by atoms with Gasteiger partial charge in [0, 0.05) is 10.8 Å². The summed E-state index contributed by atoms with van der Waals surface area (Å²) in [7, 11) is 3.47. The summed E-state index contributed by atoms with van der Waals surface area (Å²) in [4.78, 5) is 0. The lowest BCUT2D eigenvalue weighted by molar-refractivity contribution is 0.420. The fraction of sp³-hybridized carbons (Fsp3) is 0.0909. The van der Waals surface area contributed by atoms with E-state index in [1.165, 1.54) is 65.7 Å². The summed E-state index contributed by atoms with van der Waals surface area (Å²) in [5.41, 5.74) is 7.29. The molecule has 0 aliphatic carbocycles. The molecule has 0 radical (unpaired) electrons. The van der Waals surface area contributed by atoms with Crippen molar-refractivity contribution in [3.8, 4) is 44.9 Å². The molecule has 0 atom stereocenters. The van der Waals surface area contributed by atoms with Crippen molar-refractivity contribution in [2.75, 3.05) is 14.2 Å². The molecule has 0 aliphatic rings. The number of ether oxygens (including phenoxy) is 2. The molecule has 8 rings (SSSR count). The number of hydrogen-bond acceptors (Lipinski definition) is 2. The zero-order chi connectivity index (χ0) is 31.6. The highest BCUT2D eigenvalue weighted by Crippen LogP contribution is 2.44. The summed E-state index contributed by atoms with van der Waals surface area (Å²) < 4.78 is 11.4. The summed E-state index contributed by atoms with van der Waals surface area (Å²) in [6, 6.07) is 52.2. The van der Waals surface area contributed by atoms with Gasteiger partial charge in [0.15, 0.2) is 0 Å². The molecule has 0 aliphatic heterocycles. The quantitative estimate of drug-likeness (QED) is 0.197. The molecule has 2 heteroatoms. The van der Waals surface area contributed by atoms with Crippen LogP contribution in [0.2, 0.25) is 0 Å². The Morgan fingerprint density at radius 3 is 0.696 bits per heavy atom. The first-order valence-corrected chi connectivity index (χ1v) is 15.9. The van der Waals surface area contributed by atoms with E-state index in [2.05, 4.69) is 146 Å². The van der Waals surface area contributed by atoms with E-state index >= 15 is 0 Å². The first-order valence-electron chi connectivity index (χ1n) is 15.9. The fourth-order valence-corrected chi connectivity index (χ4v) is 6.91. The van der Waals surface area contributed by atoms with Crippen molar-refractivity contribution in [1.29, 1.82) is 0 Å². The molecular formula is C44H36O2. The predicted octanol–water partition coefficient (Wildman–Crippen LogP) is 12.3. The molecule has 0 bridgehead atoms. The minimum atomic E-state index is 0.890. The molecule has 0 fully saturated rings. The fourth-order valence-electron chi connectivity index (χ4n) is 6.91. The summed E-state index contributed by atoms with van der Waals surface area (Å²) in [5, 5.41) is 9.54. The number of fused-ring (bicyclic) bond motifs is 4. The third-order valence-corrected chi connectivity index (χ3v) is 8.93. The van der Waals surface area contributed by atoms with Crippen molar-refractivity contribution in [2.45, 2.75) is 13.8 Å². The smallest absolute Gasteiger partial charge is 0.126 e. The molecule has 0 saturated heterocycles. The Hall–Kier alpha value is -5.60. The van der Waals surface area contributed by atoms with E-state index in [1.54, 1.807) is 14.2 Å². The van der Waals surface area contributed by atoms with Crippen LogP contribution in [0.25, 0.3) is 76.5 Å². The molecule has 0 unspecified atom stereocenters. The van der Waals surface area contributed by atoms with Crippen LogP contribution in [0.4, 0.5) is 0 Å². The van der Waals surface area contributed by atoms with E-state index in [0.29, 0.717) is 0 Å². The minimum absolute atomic E-state index is 0.890. The van der Waals surface area contributed by atoms with Gasteiger partial charge in [0.25, 0.3) is 0 Å². The highest BCUT2D eigenvalue weighted by atomic mass is 16.5. The lowest BCUT2D eigenvalue weighted by atomic mass is 9.86. The lowest BCUT2D eigenvalue weighted by Gasteiger charge is -2.18. The molecule has 0 amide bonds. The minimum Gasteiger partial charge on any atom is -0.496 e. The lowest BCUT2D eigenvalue weighted by Crippen LogP contribution is -1.92. The average molecular weight is 597 g/mol. The van der Waals surface area contributed by atoms with Gasteiger partial charge in [-0.3, -0.25) is 0 Å². The van der Waals surface area contributed by atoms with Crippen LogP contribution in [0.3, 0.4) is 0 Å². The van der Waals surface area contributed by atoms with Crippen LogP contribution in [-0.4, -0.2) is 14.2 Å². The van der Waals surface area contributed by atoms with Crippen molar-refractivity contribution in [2.24, 2.45) is 0 Å². The van der Waals surface area contributed by atoms with Gasteiger partial charge < -0.3 is 9.47 Å². The van der Waals surface area contributed by atoms with Crippen LogP contribution in [0.1, 0.15) is 13.8 Å². The Bertz CT molecular complexity index is 2200. The van der Waals surface area contributed by atoms with E-state index < -0.39 is 0 Å². The molecule has 8 aromatic rings. The first kappa shape index (κ1) is 29.1. The zero-order valence-electron chi connectivity index (χ0n) is 26.7. The largest absolute Gasteiger partial charge is 0.496 e. The highest BCUT2D eigenvalue weighted by molar-refractivity contribution is 6.15. The summed E-state index contributed by atoms with van der Waals surface area (Å²) >= 11 is 0. The second-order valence-electron chi connectivity index (χ2n) is 11.1. The molecule has 0 spiro atoms. The van der Waals surface area contributed by atoms with Crippen molar-refractivity contribution in [3.63, 3.8) is 0 Å². The van der Waals surface area contributed by atoms with E-state index in [1.807, 2.05) is 13.8 Å². The van der Waals surface area contributed by atoms with Gasteiger partial charge in [-0.1, -0.05) is 147 Å². The maximum Gasteiger partial charge on any atom is 0.126 e. The van der Waals surface area contributed by atoms with E-state index in [-0.39, 0.29) is 0 Å². The maximum atomic E-state index is 5.69. The third kappa shape index (κ3) is 4.74. The Labute approximate surface area is 270 Å². The molecular weight excluding hydrogens is 560 g/mol. The summed E-state index contributed by atoms with van der Waals surface area (Å²) in [6.07, 6.45) is 0. The summed E-state index contributed by atoms with van der Waals surface area (Å²) in [6.45, 7) is 4.00. The summed E-state index contributed by atoms with van der Waals surface area (Å²) in [5.74, 6) is 1.78. The van der Waals surface area contributed by atoms with Crippen LogP contribution in [0.5, 0.6) is 11.5 Å². The number of methoxy groups -OCH3 is 2. The molecule has 0 saturated carbocycles. The van der Waals surface area contributed by atoms with Gasteiger partial charge >= 0.3 is 0 Å². The number of rotatable bonds is 5. The van der Waals surface area contributed by atoms with Crippen molar-refractivity contribution >= 4 is 43.1 Å². The molecule has 46 heavy (non-hydrogen) atoms. The number of benzene rings is 8. The van der Waals surface area contributed by atoms with Gasteiger partial charge in [-0.2, -0.15) is 0 Å². The van der Waals surface area contributed by atoms with Crippen molar-refractivity contribution < 1.29 is 9.47 Å². The third-order valence-electron chi connectivity index (χ3n) is 8.93. The SMILES string of the molecule is CC.COc1ccc(-c2ccc(-c3ccc(-c4ccc(OC)c5ccccc45)c4ccccc34)c3ccccc23)c2ccccc12. The molecule has 0 heterocycles. The molecule has 8 aromatic carbocycles. The Morgan fingerprint density at radius 1 is 0.261 bits per heavy atom. The van der Waals surface area contributed by atoms with Gasteiger partial charge in [0.2, 0.25) is 0 Å². The van der Waals surface area contributed by atoms with E-state index in [4.69, 9.17) is 9.47 Å². The van der Waals surface area contributed by atoms with Crippen LogP contribution in [0.15, 0.2) is 146 Å². The zero-order valence-corrected chi connectivity index (χ0v) is 26.7. The Balaban J connectivity index is 0.00000166. The van der Waals surface area contributed by atoms with Crippen LogP contribution >= 0.6 is 0 Å². The van der Waals surface area contributed by atoms with E-state index in [9.17, 15) is 0 Å². The standard InChI is InChI=1S/C42H30O2.C2H6/c1-43-41-25-23-37(31-15-7-9-17-39(31)41)35-21-19-33(27-11-3-5-13-29(27)35)34-20-22-36(30-14-6-4-12-28(30)34)38-24-26-42(44-2)40-18-10-8-16-32(38)40;1-2/h3-26H,1-2H3;1-2H3. The molecule has 0 aromatic heterocycles. The average Bonchev–Trinajstić information content (AvgIpc) is 3.14. The van der Waals surface area contributed by atoms with Crippen LogP contribution in [-0.2, 0) is 0 Å². The molecule has 224 valence electrons. The van der Waals surface area contributed by atoms with Gasteiger partial charge in [-0.15, -0.1) is 0 Å². The van der Waals surface area contributed by atoms with Crippen LogP contribution in [0, 0.1) is 0 Å². The monoisotopic (exact) mass is 596 g/mol. The second kappa shape index (κ2) is 12.4. The van der Waals surface area contributed by atoms with Gasteiger partial charge in [0.05, 0.1) is 14.2 Å². The highest BCUT2D eigenvalue weighted by Gasteiger charge is 2.17. The van der Waals surface area contributed by atoms with Crippen molar-refractivity contribution in [3.05, 3.63) is 146 Å². The second-order valence-corrected chi connectivity index (χ2v) is 11.1. The Morgan fingerprint density at radius 2 is 0.457 bits per heavy atom. The van der Waals surface area contributed by atoms with Crippen LogP contribution < -0.4 is 9.47 Å². The molecule has 0 N–H and O–H groups in total. The van der Waals surface area contributed by atoms with E-state index in [0.717, 1.165) is 22.3 Å². The van der Waals surface area contributed by atoms with Gasteiger partial charge in [-0.05, 0) is 77.8 Å². The first-order chi connectivity index (χ1) is 22.8. The number of hydrogen-bond donors (Lipinski definition) is 0. The van der Waals surface area contributed by atoms with Gasteiger partial charge in [-0.25, -0.2) is 0 Å². The maximum absolute atomic E-state index is 5.69. The normalized spacial score (nSPS) is 11.0. The van der Waals surface area contributed by atoms with Gasteiger partial charge in [0.1, 0.15) is 11.5 Å². The Kier molecular flexibility index (Phi) is 7.86. The topological polar surface area (TPSA) is 18.5 Å². The molecule has 2 nitrogen and oxygen atoms in total. The van der Waals surface area contributed by atoms with Crippen molar-refractivity contribution in [1.82, 2.24) is 0 Å². The predicted molar refractivity (Wildman–Crippen MR) is 197 cm³/mol.